The lowest BCUT2D eigenvalue weighted by molar-refractivity contribution is 0.0950. The lowest BCUT2D eigenvalue weighted by Gasteiger charge is -2.03. The van der Waals surface area contributed by atoms with Crippen molar-refractivity contribution in [2.45, 2.75) is 13.8 Å². The minimum atomic E-state index is -0.396. The van der Waals surface area contributed by atoms with E-state index in [1.165, 1.54) is 0 Å². The van der Waals surface area contributed by atoms with Crippen LogP contribution in [-0.2, 0) is 0 Å². The Morgan fingerprint density at radius 3 is 2.74 bits per heavy atom. The zero-order valence-corrected chi connectivity index (χ0v) is 15.1. The third kappa shape index (κ3) is 4.52. The van der Waals surface area contributed by atoms with E-state index >= 15 is 0 Å². The second kappa shape index (κ2) is 8.18. The number of nitrogens with zero attached hydrogens (tertiary/aromatic N) is 2. The van der Waals surface area contributed by atoms with Crippen molar-refractivity contribution in [3.63, 3.8) is 0 Å². The largest absolute Gasteiger partial charge is 0.508 e. The van der Waals surface area contributed by atoms with Gasteiger partial charge >= 0.3 is 0 Å². The summed E-state index contributed by atoms with van der Waals surface area (Å²) in [6, 6.07) is 15.7. The molecule has 0 spiro atoms. The quantitative estimate of drug-likeness (QED) is 0.461. The van der Waals surface area contributed by atoms with E-state index in [1.54, 1.807) is 37.3 Å². The number of carbonyl (C=O) groups is 1. The van der Waals surface area contributed by atoms with Crippen molar-refractivity contribution in [3.8, 4) is 22.8 Å². The smallest absolute Gasteiger partial charge is 0.289 e. The zero-order chi connectivity index (χ0) is 19.2. The van der Waals surface area contributed by atoms with Crippen LogP contribution in [0.5, 0.6) is 11.5 Å². The van der Waals surface area contributed by atoms with Crippen LogP contribution in [0.25, 0.3) is 11.3 Å². The minimum absolute atomic E-state index is 0.175. The third-order valence-electron chi connectivity index (χ3n) is 3.87. The number of amides is 1. The highest BCUT2D eigenvalue weighted by atomic mass is 16.5. The SMILES string of the molecule is CCOc1cccc(-c2cc(C(=O)NN=C(C)c3ccc(O)cc3)[nH]n2)c1. The molecule has 0 saturated carbocycles. The predicted molar refractivity (Wildman–Crippen MR) is 103 cm³/mol. The topological polar surface area (TPSA) is 99.6 Å². The zero-order valence-electron chi connectivity index (χ0n) is 15.1. The molecule has 1 heterocycles. The molecule has 0 bridgehead atoms. The molecule has 3 N–H and O–H groups in total. The number of aromatic amines is 1. The van der Waals surface area contributed by atoms with Crippen molar-refractivity contribution in [2.24, 2.45) is 5.10 Å². The van der Waals surface area contributed by atoms with Gasteiger partial charge in [-0.05, 0) is 61.9 Å². The van der Waals surface area contributed by atoms with Gasteiger partial charge < -0.3 is 9.84 Å². The van der Waals surface area contributed by atoms with Gasteiger partial charge in [0.25, 0.3) is 5.91 Å². The average Bonchev–Trinajstić information content (AvgIpc) is 3.17. The Balaban J connectivity index is 1.70. The molecule has 3 aromatic rings. The third-order valence-corrected chi connectivity index (χ3v) is 3.87. The number of hydrazone groups is 1. The first-order chi connectivity index (χ1) is 13.1. The van der Waals surface area contributed by atoms with Gasteiger partial charge in [-0.2, -0.15) is 10.2 Å². The average molecular weight is 364 g/mol. The summed E-state index contributed by atoms with van der Waals surface area (Å²) in [5.74, 6) is 0.528. The van der Waals surface area contributed by atoms with Gasteiger partial charge in [-0.1, -0.05) is 12.1 Å². The number of nitrogens with one attached hydrogen (secondary N) is 2. The number of aromatic nitrogens is 2. The second-order valence-electron chi connectivity index (χ2n) is 5.81. The molecule has 0 fully saturated rings. The molecule has 0 saturated heterocycles. The fraction of sp³-hybridized carbons (Fsp3) is 0.150. The van der Waals surface area contributed by atoms with Gasteiger partial charge in [-0.3, -0.25) is 9.89 Å². The van der Waals surface area contributed by atoms with Gasteiger partial charge in [-0.15, -0.1) is 0 Å². The maximum atomic E-state index is 12.3. The number of phenols is 1. The molecule has 7 heteroatoms. The van der Waals surface area contributed by atoms with Gasteiger partial charge in [0.2, 0.25) is 0 Å². The molecule has 0 unspecified atom stereocenters. The lowest BCUT2D eigenvalue weighted by Crippen LogP contribution is -2.19. The summed E-state index contributed by atoms with van der Waals surface area (Å²) in [7, 11) is 0. The summed E-state index contributed by atoms with van der Waals surface area (Å²) < 4.78 is 5.49. The fourth-order valence-corrected chi connectivity index (χ4v) is 2.46. The van der Waals surface area contributed by atoms with Crippen LogP contribution in [0.15, 0.2) is 59.7 Å². The molecule has 1 aromatic heterocycles. The van der Waals surface area contributed by atoms with Gasteiger partial charge in [0.1, 0.15) is 17.2 Å². The van der Waals surface area contributed by atoms with Crippen LogP contribution in [-0.4, -0.2) is 33.5 Å². The Kier molecular flexibility index (Phi) is 5.51. The molecule has 0 aliphatic rings. The Bertz CT molecular complexity index is 961. The standard InChI is InChI=1S/C20H20N4O3/c1-3-27-17-6-4-5-15(11-17)18-12-19(23-22-18)20(26)24-21-13(2)14-7-9-16(25)10-8-14/h4-12,25H,3H2,1-2H3,(H,22,23)(H,24,26). The van der Waals surface area contributed by atoms with Crippen LogP contribution >= 0.6 is 0 Å². The molecule has 3 rings (SSSR count). The summed E-state index contributed by atoms with van der Waals surface area (Å²) in [5.41, 5.74) is 5.70. The monoisotopic (exact) mass is 364 g/mol. The van der Waals surface area contributed by atoms with Crippen LogP contribution in [0.2, 0.25) is 0 Å². The molecule has 27 heavy (non-hydrogen) atoms. The number of phenolic OH excluding ortho intramolecular Hbond substituents is 1. The van der Waals surface area contributed by atoms with E-state index in [-0.39, 0.29) is 5.75 Å². The second-order valence-corrected chi connectivity index (χ2v) is 5.81. The molecule has 0 atom stereocenters. The summed E-state index contributed by atoms with van der Waals surface area (Å²) in [5, 5.41) is 20.3. The Morgan fingerprint density at radius 1 is 1.22 bits per heavy atom. The van der Waals surface area contributed by atoms with Crippen molar-refractivity contribution < 1.29 is 14.6 Å². The van der Waals surface area contributed by atoms with Crippen LogP contribution in [0.3, 0.4) is 0 Å². The van der Waals surface area contributed by atoms with Gasteiger partial charge in [0.15, 0.2) is 0 Å². The van der Waals surface area contributed by atoms with E-state index in [2.05, 4.69) is 20.7 Å². The highest BCUT2D eigenvalue weighted by Gasteiger charge is 2.11. The van der Waals surface area contributed by atoms with E-state index in [1.807, 2.05) is 31.2 Å². The maximum absolute atomic E-state index is 12.3. The summed E-state index contributed by atoms with van der Waals surface area (Å²) >= 11 is 0. The molecule has 2 aromatic carbocycles. The summed E-state index contributed by atoms with van der Waals surface area (Å²) in [4.78, 5) is 12.3. The fourth-order valence-electron chi connectivity index (χ4n) is 2.46. The minimum Gasteiger partial charge on any atom is -0.508 e. The lowest BCUT2D eigenvalue weighted by atomic mass is 10.1. The van der Waals surface area contributed by atoms with E-state index < -0.39 is 5.91 Å². The van der Waals surface area contributed by atoms with Crippen molar-refractivity contribution in [1.29, 1.82) is 0 Å². The molecule has 138 valence electrons. The van der Waals surface area contributed by atoms with Crippen molar-refractivity contribution in [3.05, 3.63) is 65.9 Å². The highest BCUT2D eigenvalue weighted by molar-refractivity contribution is 6.00. The van der Waals surface area contributed by atoms with E-state index in [9.17, 15) is 9.90 Å². The number of ether oxygens (including phenoxy) is 1. The van der Waals surface area contributed by atoms with Crippen molar-refractivity contribution >= 4 is 11.6 Å². The normalized spacial score (nSPS) is 11.3. The Hall–Kier alpha value is -3.61. The molecule has 0 radical (unpaired) electrons. The first kappa shape index (κ1) is 18.2. The molecule has 1 amide bonds. The van der Waals surface area contributed by atoms with Crippen molar-refractivity contribution in [1.82, 2.24) is 15.6 Å². The van der Waals surface area contributed by atoms with Gasteiger partial charge in [0, 0.05) is 5.56 Å². The first-order valence-electron chi connectivity index (χ1n) is 8.49. The van der Waals surface area contributed by atoms with Gasteiger partial charge in [0.05, 0.1) is 18.0 Å². The number of H-pyrrole nitrogens is 1. The van der Waals surface area contributed by atoms with E-state index in [0.29, 0.717) is 23.7 Å². The highest BCUT2D eigenvalue weighted by Crippen LogP contribution is 2.22. The van der Waals surface area contributed by atoms with Gasteiger partial charge in [-0.25, -0.2) is 5.43 Å². The Morgan fingerprint density at radius 2 is 2.00 bits per heavy atom. The van der Waals surface area contributed by atoms with Crippen LogP contribution in [0.1, 0.15) is 29.9 Å². The van der Waals surface area contributed by atoms with E-state index in [4.69, 9.17) is 4.74 Å². The maximum Gasteiger partial charge on any atom is 0.289 e. The molecular formula is C20H20N4O3. The number of aromatic hydroxyl groups is 1. The van der Waals surface area contributed by atoms with E-state index in [0.717, 1.165) is 16.9 Å². The van der Waals surface area contributed by atoms with Crippen LogP contribution in [0, 0.1) is 0 Å². The number of rotatable bonds is 6. The summed E-state index contributed by atoms with van der Waals surface area (Å²) in [6.45, 7) is 4.27. The van der Waals surface area contributed by atoms with Crippen LogP contribution < -0.4 is 10.2 Å². The number of benzene rings is 2. The summed E-state index contributed by atoms with van der Waals surface area (Å²) in [6.07, 6.45) is 0. The number of hydrogen-bond donors (Lipinski definition) is 3. The predicted octanol–water partition coefficient (Wildman–Crippen LogP) is 3.34. The first-order valence-corrected chi connectivity index (χ1v) is 8.49. The molecular weight excluding hydrogens is 344 g/mol. The van der Waals surface area contributed by atoms with Crippen molar-refractivity contribution in [2.75, 3.05) is 6.61 Å². The Labute approximate surface area is 156 Å². The molecule has 0 aliphatic carbocycles. The number of carbonyl (C=O) groups excluding carboxylic acids is 1. The van der Waals surface area contributed by atoms with Crippen LogP contribution in [0.4, 0.5) is 0 Å². The molecule has 0 aliphatic heterocycles. The number of hydrogen-bond acceptors (Lipinski definition) is 5. The molecule has 7 nitrogen and oxygen atoms in total.